The van der Waals surface area contributed by atoms with E-state index in [1.54, 1.807) is 0 Å². The number of esters is 1. The molecule has 0 spiro atoms. The Balaban J connectivity index is 2.45. The second kappa shape index (κ2) is 6.12. The van der Waals surface area contributed by atoms with Gasteiger partial charge in [-0.2, -0.15) is 0 Å². The smallest absolute Gasteiger partial charge is 0.302 e. The van der Waals surface area contributed by atoms with Crippen LogP contribution < -0.4 is 0 Å². The summed E-state index contributed by atoms with van der Waals surface area (Å²) >= 11 is 0. The highest BCUT2D eigenvalue weighted by molar-refractivity contribution is 7.92. The van der Waals surface area contributed by atoms with Crippen LogP contribution in [0.25, 0.3) is 0 Å². The molecule has 0 atom stereocenters. The predicted molar refractivity (Wildman–Crippen MR) is 63.5 cm³/mol. The molecule has 0 radical (unpaired) electrons. The highest BCUT2D eigenvalue weighted by Crippen LogP contribution is 2.26. The SMILES string of the molecule is CC(=O)OCCS(=O)(=O)C1CCC([N+](=O)[O-])CC1. The molecule has 104 valence electrons. The molecule has 1 aliphatic rings. The van der Waals surface area contributed by atoms with E-state index < -0.39 is 27.1 Å². The van der Waals surface area contributed by atoms with E-state index in [9.17, 15) is 23.3 Å². The molecule has 0 unspecified atom stereocenters. The Labute approximate surface area is 106 Å². The number of rotatable bonds is 5. The van der Waals surface area contributed by atoms with Crippen LogP contribution in [-0.4, -0.2) is 43.0 Å². The molecule has 1 aliphatic carbocycles. The third-order valence-electron chi connectivity index (χ3n) is 3.12. The highest BCUT2D eigenvalue weighted by atomic mass is 32.2. The first-order chi connectivity index (χ1) is 8.33. The summed E-state index contributed by atoms with van der Waals surface area (Å²) in [6.07, 6.45) is 1.22. The van der Waals surface area contributed by atoms with E-state index in [2.05, 4.69) is 4.74 Å². The summed E-state index contributed by atoms with van der Waals surface area (Å²) in [4.78, 5) is 20.7. The molecule has 1 fully saturated rings. The number of sulfone groups is 1. The summed E-state index contributed by atoms with van der Waals surface area (Å²) in [5, 5.41) is 10.0. The molecule has 0 aromatic rings. The third-order valence-corrected chi connectivity index (χ3v) is 5.35. The van der Waals surface area contributed by atoms with Gasteiger partial charge in [-0.05, 0) is 12.8 Å². The van der Waals surface area contributed by atoms with Crippen molar-refractivity contribution in [2.24, 2.45) is 0 Å². The molecule has 7 nitrogen and oxygen atoms in total. The zero-order chi connectivity index (χ0) is 13.8. The lowest BCUT2D eigenvalue weighted by atomic mass is 9.96. The summed E-state index contributed by atoms with van der Waals surface area (Å²) in [5.41, 5.74) is 0. The molecule has 8 heteroatoms. The Hall–Kier alpha value is -1.18. The van der Waals surface area contributed by atoms with Crippen molar-refractivity contribution in [1.29, 1.82) is 0 Å². The van der Waals surface area contributed by atoms with Gasteiger partial charge in [-0.3, -0.25) is 14.9 Å². The van der Waals surface area contributed by atoms with Crippen LogP contribution in [0, 0.1) is 10.1 Å². The Morgan fingerprint density at radius 1 is 1.33 bits per heavy atom. The number of hydrogen-bond donors (Lipinski definition) is 0. The molecule has 18 heavy (non-hydrogen) atoms. The Bertz CT molecular complexity index is 410. The first-order valence-corrected chi connectivity index (χ1v) is 7.53. The number of ether oxygens (including phenoxy) is 1. The minimum Gasteiger partial charge on any atom is -0.465 e. The maximum atomic E-state index is 11.9. The number of nitro groups is 1. The zero-order valence-electron chi connectivity index (χ0n) is 10.2. The minimum atomic E-state index is -3.33. The Morgan fingerprint density at radius 3 is 2.33 bits per heavy atom. The van der Waals surface area contributed by atoms with Gasteiger partial charge in [0.1, 0.15) is 6.61 Å². The molecule has 0 aromatic heterocycles. The normalized spacial score (nSPS) is 24.5. The largest absolute Gasteiger partial charge is 0.465 e. The van der Waals surface area contributed by atoms with Crippen LogP contribution in [0.15, 0.2) is 0 Å². The maximum absolute atomic E-state index is 11.9. The molecule has 0 N–H and O–H groups in total. The van der Waals surface area contributed by atoms with E-state index in [1.807, 2.05) is 0 Å². The van der Waals surface area contributed by atoms with Gasteiger partial charge in [0.05, 0.1) is 11.0 Å². The van der Waals surface area contributed by atoms with Gasteiger partial charge < -0.3 is 4.74 Å². The fraction of sp³-hybridized carbons (Fsp3) is 0.900. The summed E-state index contributed by atoms with van der Waals surface area (Å²) in [7, 11) is -3.33. The highest BCUT2D eigenvalue weighted by Gasteiger charge is 2.34. The molecule has 1 saturated carbocycles. The maximum Gasteiger partial charge on any atom is 0.302 e. The molecule has 0 saturated heterocycles. The summed E-state index contributed by atoms with van der Waals surface area (Å²) in [5.74, 6) is -0.720. The predicted octanol–water partition coefficient (Wildman–Crippen LogP) is 0.552. The van der Waals surface area contributed by atoms with Crippen molar-refractivity contribution in [2.75, 3.05) is 12.4 Å². The van der Waals surface area contributed by atoms with Crippen molar-refractivity contribution >= 4 is 15.8 Å². The summed E-state index contributed by atoms with van der Waals surface area (Å²) in [6, 6.07) is -0.620. The molecule has 1 rings (SSSR count). The van der Waals surface area contributed by atoms with Gasteiger partial charge in [0.2, 0.25) is 6.04 Å². The lowest BCUT2D eigenvalue weighted by Gasteiger charge is -2.23. The monoisotopic (exact) mass is 279 g/mol. The summed E-state index contributed by atoms with van der Waals surface area (Å²) in [6.45, 7) is 1.07. The third kappa shape index (κ3) is 4.25. The molecule has 0 aliphatic heterocycles. The number of carbonyl (C=O) groups excluding carboxylic acids is 1. The van der Waals surface area contributed by atoms with Crippen molar-refractivity contribution < 1.29 is 22.9 Å². The number of nitrogens with zero attached hydrogens (tertiary/aromatic N) is 1. The Morgan fingerprint density at radius 2 is 1.89 bits per heavy atom. The van der Waals surface area contributed by atoms with Crippen LogP contribution in [0.1, 0.15) is 32.6 Å². The second-order valence-corrected chi connectivity index (χ2v) is 6.82. The van der Waals surface area contributed by atoms with Crippen molar-refractivity contribution in [2.45, 2.75) is 43.9 Å². The fourth-order valence-electron chi connectivity index (χ4n) is 2.08. The van der Waals surface area contributed by atoms with Gasteiger partial charge in [0.25, 0.3) is 0 Å². The van der Waals surface area contributed by atoms with Gasteiger partial charge in [0.15, 0.2) is 9.84 Å². The zero-order valence-corrected chi connectivity index (χ0v) is 11.0. The average molecular weight is 279 g/mol. The van der Waals surface area contributed by atoms with E-state index >= 15 is 0 Å². The van der Waals surface area contributed by atoms with Gasteiger partial charge >= 0.3 is 5.97 Å². The van der Waals surface area contributed by atoms with Gasteiger partial charge in [-0.1, -0.05) is 0 Å². The lowest BCUT2D eigenvalue weighted by molar-refractivity contribution is -0.526. The van der Waals surface area contributed by atoms with E-state index in [0.717, 1.165) is 0 Å². The van der Waals surface area contributed by atoms with Gasteiger partial charge in [0, 0.05) is 24.7 Å². The van der Waals surface area contributed by atoms with Crippen LogP contribution in [-0.2, 0) is 19.4 Å². The molecule has 0 aromatic carbocycles. The molecule has 0 bridgehead atoms. The van der Waals surface area contributed by atoms with E-state index in [1.165, 1.54) is 6.92 Å². The quantitative estimate of drug-likeness (QED) is 0.413. The van der Waals surface area contributed by atoms with Crippen LogP contribution in [0.3, 0.4) is 0 Å². The van der Waals surface area contributed by atoms with Crippen molar-refractivity contribution in [3.05, 3.63) is 10.1 Å². The van der Waals surface area contributed by atoms with E-state index in [4.69, 9.17) is 0 Å². The molecule has 0 heterocycles. The second-order valence-electron chi connectivity index (χ2n) is 4.42. The topological polar surface area (TPSA) is 104 Å². The standard InChI is InChI=1S/C10H17NO6S/c1-8(12)17-6-7-18(15,16)10-4-2-9(3-5-10)11(13)14/h9-10H,2-7H2,1H3. The van der Waals surface area contributed by atoms with Crippen LogP contribution in [0.5, 0.6) is 0 Å². The molecular formula is C10H17NO6S. The van der Waals surface area contributed by atoms with Crippen molar-refractivity contribution in [3.63, 3.8) is 0 Å². The molecule has 0 amide bonds. The minimum absolute atomic E-state index is 0.146. The van der Waals surface area contributed by atoms with Crippen molar-refractivity contribution in [3.8, 4) is 0 Å². The first kappa shape index (κ1) is 14.9. The van der Waals surface area contributed by atoms with Crippen molar-refractivity contribution in [1.82, 2.24) is 0 Å². The molecular weight excluding hydrogens is 262 g/mol. The number of hydrogen-bond acceptors (Lipinski definition) is 6. The van der Waals surface area contributed by atoms with Gasteiger partial charge in [-0.25, -0.2) is 8.42 Å². The first-order valence-electron chi connectivity index (χ1n) is 5.81. The van der Waals surface area contributed by atoms with E-state index in [0.29, 0.717) is 25.7 Å². The van der Waals surface area contributed by atoms with Crippen LogP contribution in [0.4, 0.5) is 0 Å². The summed E-state index contributed by atoms with van der Waals surface area (Å²) < 4.78 is 28.4. The Kier molecular flexibility index (Phi) is 5.06. The fourth-order valence-corrected chi connectivity index (χ4v) is 3.72. The number of carbonyl (C=O) groups is 1. The van der Waals surface area contributed by atoms with Gasteiger partial charge in [-0.15, -0.1) is 0 Å². The van der Waals surface area contributed by atoms with Crippen LogP contribution in [0.2, 0.25) is 0 Å². The van der Waals surface area contributed by atoms with Crippen LogP contribution >= 0.6 is 0 Å². The average Bonchev–Trinajstić information content (AvgIpc) is 2.28. The lowest BCUT2D eigenvalue weighted by Crippen LogP contribution is -2.34. The van der Waals surface area contributed by atoms with E-state index in [-0.39, 0.29) is 17.3 Å².